The molecule has 0 aliphatic heterocycles. The number of carbonyl (C=O) groups is 1. The fourth-order valence-corrected chi connectivity index (χ4v) is 3.17. The average Bonchev–Trinajstić information content (AvgIpc) is 2.53. The van der Waals surface area contributed by atoms with Crippen molar-refractivity contribution in [1.29, 1.82) is 15.8 Å². The van der Waals surface area contributed by atoms with Crippen LogP contribution in [0.3, 0.4) is 0 Å². The van der Waals surface area contributed by atoms with Crippen LogP contribution in [0.1, 0.15) is 25.7 Å². The Labute approximate surface area is 128 Å². The number of methoxy groups -OCH3 is 1. The van der Waals surface area contributed by atoms with Crippen LogP contribution >= 0.6 is 11.8 Å². The van der Waals surface area contributed by atoms with Gasteiger partial charge in [0.1, 0.15) is 17.7 Å². The van der Waals surface area contributed by atoms with Crippen LogP contribution in [0.4, 0.5) is 0 Å². The van der Waals surface area contributed by atoms with Crippen molar-refractivity contribution in [2.45, 2.75) is 25.7 Å². The Balaban J connectivity index is 3.49. The van der Waals surface area contributed by atoms with E-state index in [4.69, 9.17) is 10.5 Å². The van der Waals surface area contributed by atoms with E-state index in [0.717, 1.165) is 18.4 Å². The van der Waals surface area contributed by atoms with Crippen molar-refractivity contribution in [2.75, 3.05) is 13.4 Å². The van der Waals surface area contributed by atoms with Gasteiger partial charge < -0.3 is 4.74 Å². The van der Waals surface area contributed by atoms with Crippen molar-refractivity contribution < 1.29 is 9.53 Å². The molecule has 1 unspecified atom stereocenters. The van der Waals surface area contributed by atoms with Crippen LogP contribution in [0.25, 0.3) is 0 Å². The topological polar surface area (TPSA) is 97.7 Å². The lowest BCUT2D eigenvalue weighted by Gasteiger charge is -2.23. The number of rotatable bonds is 4. The third kappa shape index (κ3) is 3.66. The Hall–Kier alpha value is -2.23. The maximum Gasteiger partial charge on any atom is 0.327 e. The molecule has 0 N–H and O–H groups in total. The molecule has 5 nitrogen and oxygen atoms in total. The minimum absolute atomic E-state index is 0.0263. The van der Waals surface area contributed by atoms with Gasteiger partial charge >= 0.3 is 5.97 Å². The van der Waals surface area contributed by atoms with Gasteiger partial charge in [-0.15, -0.1) is 11.8 Å². The smallest absolute Gasteiger partial charge is 0.327 e. The molecule has 1 rings (SSSR count). The lowest BCUT2D eigenvalue weighted by molar-refractivity contribution is -0.142. The second-order valence-electron chi connectivity index (χ2n) is 4.43. The summed E-state index contributed by atoms with van der Waals surface area (Å²) in [5.74, 6) is -1.56. The van der Waals surface area contributed by atoms with E-state index in [9.17, 15) is 10.1 Å². The van der Waals surface area contributed by atoms with E-state index in [1.165, 1.54) is 18.9 Å². The van der Waals surface area contributed by atoms with Gasteiger partial charge in [-0.2, -0.15) is 15.8 Å². The summed E-state index contributed by atoms with van der Waals surface area (Å²) < 4.78 is 4.68. The SMILES string of the molecule is COC(=O)C(C#N)C1=C(C(SC)=C(C#N)C#N)CCCC1. The van der Waals surface area contributed by atoms with Crippen molar-refractivity contribution in [3.8, 4) is 18.2 Å². The largest absolute Gasteiger partial charge is 0.468 e. The first-order valence-corrected chi connectivity index (χ1v) is 7.65. The summed E-state index contributed by atoms with van der Waals surface area (Å²) in [6.07, 6.45) is 4.84. The fraction of sp³-hybridized carbons (Fsp3) is 0.467. The molecular formula is C15H15N3O2S. The number of allylic oxidation sites excluding steroid dienone is 2. The van der Waals surface area contributed by atoms with Crippen LogP contribution in [0.5, 0.6) is 0 Å². The van der Waals surface area contributed by atoms with Crippen LogP contribution in [0.2, 0.25) is 0 Å². The van der Waals surface area contributed by atoms with E-state index in [-0.39, 0.29) is 5.57 Å². The number of hydrogen-bond donors (Lipinski definition) is 0. The molecule has 0 aromatic heterocycles. The van der Waals surface area contributed by atoms with Crippen LogP contribution < -0.4 is 0 Å². The van der Waals surface area contributed by atoms with Gasteiger partial charge in [-0.1, -0.05) is 0 Å². The second-order valence-corrected chi connectivity index (χ2v) is 5.24. The molecule has 21 heavy (non-hydrogen) atoms. The highest BCUT2D eigenvalue weighted by Crippen LogP contribution is 2.39. The maximum absolute atomic E-state index is 11.8. The first-order valence-electron chi connectivity index (χ1n) is 6.42. The zero-order valence-electron chi connectivity index (χ0n) is 12.0. The molecule has 0 aromatic rings. The van der Waals surface area contributed by atoms with E-state index in [2.05, 4.69) is 4.74 Å². The second kappa shape index (κ2) is 8.15. The molecule has 1 atom stereocenters. The fourth-order valence-electron chi connectivity index (χ4n) is 2.40. The molecule has 0 spiro atoms. The molecule has 6 heteroatoms. The van der Waals surface area contributed by atoms with Gasteiger partial charge in [0.05, 0.1) is 13.2 Å². The summed E-state index contributed by atoms with van der Waals surface area (Å²) in [5, 5.41) is 27.4. The molecule has 0 aromatic carbocycles. The summed E-state index contributed by atoms with van der Waals surface area (Å²) in [6.45, 7) is 0. The number of carbonyl (C=O) groups excluding carboxylic acids is 1. The van der Waals surface area contributed by atoms with E-state index in [1.807, 2.05) is 18.2 Å². The molecule has 0 heterocycles. The van der Waals surface area contributed by atoms with Gasteiger partial charge in [0.15, 0.2) is 5.92 Å². The third-order valence-corrected chi connectivity index (χ3v) is 4.21. The molecular weight excluding hydrogens is 286 g/mol. The minimum Gasteiger partial charge on any atom is -0.468 e. The Bertz CT molecular complexity index is 598. The van der Waals surface area contributed by atoms with E-state index >= 15 is 0 Å². The number of nitrogens with zero attached hydrogens (tertiary/aromatic N) is 3. The highest BCUT2D eigenvalue weighted by Gasteiger charge is 2.29. The number of esters is 1. The van der Waals surface area contributed by atoms with Crippen LogP contribution in [-0.4, -0.2) is 19.3 Å². The molecule has 0 bridgehead atoms. The van der Waals surface area contributed by atoms with Crippen LogP contribution in [-0.2, 0) is 9.53 Å². The van der Waals surface area contributed by atoms with Gasteiger partial charge in [-0.25, -0.2) is 0 Å². The molecule has 108 valence electrons. The van der Waals surface area contributed by atoms with Gasteiger partial charge in [0.25, 0.3) is 0 Å². The van der Waals surface area contributed by atoms with Gasteiger partial charge in [-0.05, 0) is 43.1 Å². The van der Waals surface area contributed by atoms with Crippen LogP contribution in [0.15, 0.2) is 21.6 Å². The Kier molecular flexibility index (Phi) is 6.53. The standard InChI is InChI=1S/C15H15N3O2S/c1-20-15(19)13(9-18)11-5-3-4-6-12(11)14(21-2)10(7-16)8-17/h13H,3-6H2,1-2H3. The highest BCUT2D eigenvalue weighted by molar-refractivity contribution is 8.02. The summed E-state index contributed by atoms with van der Waals surface area (Å²) in [5.41, 5.74) is 1.49. The summed E-state index contributed by atoms with van der Waals surface area (Å²) in [7, 11) is 1.25. The normalized spacial score (nSPS) is 15.2. The maximum atomic E-state index is 11.8. The van der Waals surface area contributed by atoms with Crippen molar-refractivity contribution in [1.82, 2.24) is 0 Å². The Morgan fingerprint density at radius 2 is 1.86 bits per heavy atom. The number of thioether (sulfide) groups is 1. The molecule has 0 saturated carbocycles. The zero-order chi connectivity index (χ0) is 15.8. The highest BCUT2D eigenvalue weighted by atomic mass is 32.2. The van der Waals surface area contributed by atoms with Crippen molar-refractivity contribution in [2.24, 2.45) is 5.92 Å². The van der Waals surface area contributed by atoms with Crippen molar-refractivity contribution in [3.63, 3.8) is 0 Å². The summed E-state index contributed by atoms with van der Waals surface area (Å²) in [4.78, 5) is 12.3. The van der Waals surface area contributed by atoms with Gasteiger partial charge in [0, 0.05) is 4.91 Å². The van der Waals surface area contributed by atoms with Gasteiger partial charge in [-0.3, -0.25) is 4.79 Å². The average molecular weight is 301 g/mol. The van der Waals surface area contributed by atoms with Crippen molar-refractivity contribution >= 4 is 17.7 Å². The van der Waals surface area contributed by atoms with Gasteiger partial charge in [0.2, 0.25) is 0 Å². The predicted octanol–water partition coefficient (Wildman–Crippen LogP) is 2.83. The number of hydrogen-bond acceptors (Lipinski definition) is 6. The first-order chi connectivity index (χ1) is 10.1. The molecule has 0 fully saturated rings. The third-order valence-electron chi connectivity index (χ3n) is 3.35. The number of ether oxygens (including phenoxy) is 1. The Morgan fingerprint density at radius 1 is 1.24 bits per heavy atom. The summed E-state index contributed by atoms with van der Waals surface area (Å²) in [6, 6.07) is 5.75. The summed E-state index contributed by atoms with van der Waals surface area (Å²) >= 11 is 1.30. The molecule has 0 amide bonds. The lowest BCUT2D eigenvalue weighted by Crippen LogP contribution is -2.20. The first kappa shape index (κ1) is 16.8. The zero-order valence-corrected chi connectivity index (χ0v) is 12.8. The molecule has 0 saturated heterocycles. The molecule has 0 radical (unpaired) electrons. The Morgan fingerprint density at radius 3 is 2.33 bits per heavy atom. The van der Waals surface area contributed by atoms with E-state index in [0.29, 0.717) is 23.3 Å². The quantitative estimate of drug-likeness (QED) is 0.585. The van der Waals surface area contributed by atoms with Crippen LogP contribution in [0, 0.1) is 39.9 Å². The van der Waals surface area contributed by atoms with E-state index < -0.39 is 11.9 Å². The molecule has 1 aliphatic rings. The van der Waals surface area contributed by atoms with Crippen molar-refractivity contribution in [3.05, 3.63) is 21.6 Å². The predicted molar refractivity (Wildman–Crippen MR) is 78.4 cm³/mol. The molecule has 1 aliphatic carbocycles. The van der Waals surface area contributed by atoms with E-state index in [1.54, 1.807) is 6.26 Å². The number of nitriles is 3. The minimum atomic E-state index is -0.967. The lowest BCUT2D eigenvalue weighted by atomic mass is 9.83. The monoisotopic (exact) mass is 301 g/mol.